The molecule has 0 fully saturated rings. The largest absolute Gasteiger partial charge is 0.481 e. The maximum Gasteiger partial charge on any atom is 0.303 e. The van der Waals surface area contributed by atoms with E-state index >= 15 is 0 Å². The van der Waals surface area contributed by atoms with Crippen molar-refractivity contribution < 1.29 is 23.4 Å². The average Bonchev–Trinajstić information content (AvgIpc) is 2.02. The van der Waals surface area contributed by atoms with E-state index < -0.39 is 22.0 Å². The maximum atomic E-state index is 11.2. The molecule has 0 aliphatic heterocycles. The molecule has 14 heavy (non-hydrogen) atoms. The van der Waals surface area contributed by atoms with Gasteiger partial charge in [0.05, 0.1) is 12.4 Å². The molecule has 3 N–H and O–H groups in total. The van der Waals surface area contributed by atoms with Gasteiger partial charge in [-0.25, -0.2) is 13.1 Å². The normalized spacial score (nSPS) is 13.9. The van der Waals surface area contributed by atoms with Gasteiger partial charge in [-0.15, -0.1) is 0 Å². The highest BCUT2D eigenvalue weighted by molar-refractivity contribution is 7.89. The van der Waals surface area contributed by atoms with Crippen LogP contribution in [0, 0.1) is 0 Å². The van der Waals surface area contributed by atoms with Crippen molar-refractivity contribution in [3.8, 4) is 0 Å². The molecule has 0 saturated heterocycles. The van der Waals surface area contributed by atoms with Crippen LogP contribution in [0.25, 0.3) is 0 Å². The van der Waals surface area contributed by atoms with Crippen LogP contribution in [0.4, 0.5) is 0 Å². The number of aliphatic hydroxyl groups excluding tert-OH is 1. The second-order valence-electron chi connectivity index (χ2n) is 3.02. The highest BCUT2D eigenvalue weighted by Gasteiger charge is 2.13. The number of aliphatic hydroxyl groups is 1. The van der Waals surface area contributed by atoms with Crippen molar-refractivity contribution in [3.05, 3.63) is 0 Å². The van der Waals surface area contributed by atoms with E-state index in [-0.39, 0.29) is 25.2 Å². The van der Waals surface area contributed by atoms with E-state index in [4.69, 9.17) is 10.2 Å². The Labute approximate surface area is 83.0 Å². The summed E-state index contributed by atoms with van der Waals surface area (Å²) < 4.78 is 24.5. The number of rotatable bonds is 7. The van der Waals surface area contributed by atoms with Crippen LogP contribution in [-0.2, 0) is 14.8 Å². The van der Waals surface area contributed by atoms with Gasteiger partial charge in [0.2, 0.25) is 10.0 Å². The summed E-state index contributed by atoms with van der Waals surface area (Å²) in [5.74, 6) is -1.25. The molecule has 0 bridgehead atoms. The smallest absolute Gasteiger partial charge is 0.303 e. The summed E-state index contributed by atoms with van der Waals surface area (Å²) in [4.78, 5) is 10.1. The van der Waals surface area contributed by atoms with Crippen LogP contribution in [0.3, 0.4) is 0 Å². The molecule has 0 unspecified atom stereocenters. The monoisotopic (exact) mass is 225 g/mol. The standard InChI is InChI=1S/C7H15NO5S/c1-6(5-9)8-14(12,13)4-2-3-7(10)11/h6,8-9H,2-5H2,1H3,(H,10,11)/t6-/m0/s1. The summed E-state index contributed by atoms with van der Waals surface area (Å²) in [6.45, 7) is 1.24. The fourth-order valence-electron chi connectivity index (χ4n) is 0.816. The van der Waals surface area contributed by atoms with Gasteiger partial charge in [-0.05, 0) is 13.3 Å². The molecule has 0 heterocycles. The first-order valence-corrected chi connectivity index (χ1v) is 5.85. The lowest BCUT2D eigenvalue weighted by molar-refractivity contribution is -0.137. The van der Waals surface area contributed by atoms with E-state index in [0.29, 0.717) is 0 Å². The zero-order chi connectivity index (χ0) is 11.2. The number of nitrogens with one attached hydrogen (secondary N) is 1. The van der Waals surface area contributed by atoms with Gasteiger partial charge >= 0.3 is 5.97 Å². The Hall–Kier alpha value is -0.660. The minimum atomic E-state index is -3.46. The third-order valence-corrected chi connectivity index (χ3v) is 3.05. The van der Waals surface area contributed by atoms with Crippen molar-refractivity contribution in [2.24, 2.45) is 0 Å². The molecule has 0 aromatic heterocycles. The molecule has 0 aliphatic rings. The van der Waals surface area contributed by atoms with Crippen LogP contribution in [0.1, 0.15) is 19.8 Å². The number of hydrogen-bond acceptors (Lipinski definition) is 4. The van der Waals surface area contributed by atoms with Gasteiger partial charge in [0.1, 0.15) is 0 Å². The molecule has 7 heteroatoms. The Kier molecular flexibility index (Phi) is 5.66. The van der Waals surface area contributed by atoms with Crippen LogP contribution in [0.5, 0.6) is 0 Å². The van der Waals surface area contributed by atoms with Crippen LogP contribution in [0.2, 0.25) is 0 Å². The molecule has 0 aromatic carbocycles. The highest BCUT2D eigenvalue weighted by Crippen LogP contribution is 1.96. The zero-order valence-electron chi connectivity index (χ0n) is 7.93. The van der Waals surface area contributed by atoms with E-state index in [1.54, 1.807) is 0 Å². The average molecular weight is 225 g/mol. The fourth-order valence-corrected chi connectivity index (χ4v) is 2.15. The van der Waals surface area contributed by atoms with Crippen molar-refractivity contribution in [3.63, 3.8) is 0 Å². The van der Waals surface area contributed by atoms with Gasteiger partial charge < -0.3 is 10.2 Å². The van der Waals surface area contributed by atoms with E-state index in [2.05, 4.69) is 4.72 Å². The van der Waals surface area contributed by atoms with Crippen molar-refractivity contribution in [1.82, 2.24) is 4.72 Å². The minimum Gasteiger partial charge on any atom is -0.481 e. The quantitative estimate of drug-likeness (QED) is 0.523. The molecule has 1 atom stereocenters. The second-order valence-corrected chi connectivity index (χ2v) is 4.89. The molecule has 0 radical (unpaired) electrons. The molecule has 0 saturated carbocycles. The number of hydrogen-bond donors (Lipinski definition) is 3. The van der Waals surface area contributed by atoms with Crippen molar-refractivity contribution in [2.75, 3.05) is 12.4 Å². The van der Waals surface area contributed by atoms with E-state index in [0.717, 1.165) is 0 Å². The number of carbonyl (C=O) groups is 1. The van der Waals surface area contributed by atoms with Crippen molar-refractivity contribution in [1.29, 1.82) is 0 Å². The van der Waals surface area contributed by atoms with Crippen molar-refractivity contribution >= 4 is 16.0 Å². The van der Waals surface area contributed by atoms with Crippen molar-refractivity contribution in [2.45, 2.75) is 25.8 Å². The first-order valence-electron chi connectivity index (χ1n) is 4.20. The Bertz CT molecular complexity index is 274. The van der Waals surface area contributed by atoms with Gasteiger partial charge in [0.15, 0.2) is 0 Å². The van der Waals surface area contributed by atoms with Gasteiger partial charge in [0, 0.05) is 12.5 Å². The van der Waals surface area contributed by atoms with E-state index in [9.17, 15) is 13.2 Å². The third-order valence-electron chi connectivity index (χ3n) is 1.46. The zero-order valence-corrected chi connectivity index (χ0v) is 8.75. The summed E-state index contributed by atoms with van der Waals surface area (Å²) in [7, 11) is -3.46. The lowest BCUT2D eigenvalue weighted by atomic mass is 10.3. The van der Waals surface area contributed by atoms with Gasteiger partial charge in [-0.2, -0.15) is 0 Å². The molecule has 0 aromatic rings. The first-order chi connectivity index (χ1) is 6.37. The van der Waals surface area contributed by atoms with Crippen LogP contribution < -0.4 is 4.72 Å². The molecule has 84 valence electrons. The number of carboxylic acids is 1. The molecule has 0 spiro atoms. The van der Waals surface area contributed by atoms with Crippen LogP contribution in [0.15, 0.2) is 0 Å². The summed E-state index contributed by atoms with van der Waals surface area (Å²) in [5, 5.41) is 16.9. The maximum absolute atomic E-state index is 11.2. The van der Waals surface area contributed by atoms with E-state index in [1.165, 1.54) is 6.92 Å². The van der Waals surface area contributed by atoms with Crippen LogP contribution >= 0.6 is 0 Å². The number of carboxylic acid groups (broad SMARTS) is 1. The second kappa shape index (κ2) is 5.94. The number of sulfonamides is 1. The lowest BCUT2D eigenvalue weighted by Crippen LogP contribution is -2.36. The minimum absolute atomic E-state index is 0.0722. The molecular formula is C7H15NO5S. The van der Waals surface area contributed by atoms with Gasteiger partial charge in [0.25, 0.3) is 0 Å². The Morgan fingerprint density at radius 3 is 2.50 bits per heavy atom. The Morgan fingerprint density at radius 2 is 2.07 bits per heavy atom. The topological polar surface area (TPSA) is 104 Å². The third kappa shape index (κ3) is 6.81. The lowest BCUT2D eigenvalue weighted by Gasteiger charge is -2.10. The summed E-state index contributed by atoms with van der Waals surface area (Å²) in [6, 6.07) is -0.537. The van der Waals surface area contributed by atoms with E-state index in [1.807, 2.05) is 0 Å². The Morgan fingerprint density at radius 1 is 1.50 bits per heavy atom. The SMILES string of the molecule is C[C@@H](CO)NS(=O)(=O)CCCC(=O)O. The summed E-state index contributed by atoms with van der Waals surface area (Å²) in [6.07, 6.45) is -0.1000. The number of aliphatic carboxylic acids is 1. The predicted octanol–water partition coefficient (Wildman–Crippen LogP) is -0.849. The predicted molar refractivity (Wildman–Crippen MR) is 50.3 cm³/mol. The molecule has 6 nitrogen and oxygen atoms in total. The molecule has 0 amide bonds. The molecule has 0 rings (SSSR count). The van der Waals surface area contributed by atoms with Gasteiger partial charge in [-0.3, -0.25) is 4.79 Å². The molecule has 0 aliphatic carbocycles. The summed E-state index contributed by atoms with van der Waals surface area (Å²) in [5.41, 5.74) is 0. The van der Waals surface area contributed by atoms with Gasteiger partial charge in [-0.1, -0.05) is 0 Å². The van der Waals surface area contributed by atoms with Crippen LogP contribution in [-0.4, -0.2) is 43.0 Å². The fraction of sp³-hybridized carbons (Fsp3) is 0.857. The highest BCUT2D eigenvalue weighted by atomic mass is 32.2. The summed E-state index contributed by atoms with van der Waals surface area (Å²) >= 11 is 0. The molecular weight excluding hydrogens is 210 g/mol. The first kappa shape index (κ1) is 13.3. The Balaban J connectivity index is 3.90.